The van der Waals surface area contributed by atoms with Gasteiger partial charge in [-0.3, -0.25) is 9.69 Å². The van der Waals surface area contributed by atoms with Crippen molar-refractivity contribution in [2.45, 2.75) is 13.0 Å². The number of aromatic nitrogens is 1. The molecule has 168 valence electrons. The summed E-state index contributed by atoms with van der Waals surface area (Å²) in [6.07, 6.45) is 0. The van der Waals surface area contributed by atoms with E-state index in [0.29, 0.717) is 37.1 Å². The molecule has 2 heterocycles. The molecule has 7 nitrogen and oxygen atoms in total. The summed E-state index contributed by atoms with van der Waals surface area (Å²) in [5.41, 5.74) is 2.16. The van der Waals surface area contributed by atoms with Crippen LogP contribution in [-0.4, -0.2) is 55.4 Å². The summed E-state index contributed by atoms with van der Waals surface area (Å²) < 4.78 is 16.3. The number of benzene rings is 2. The average molecular weight is 456 g/mol. The van der Waals surface area contributed by atoms with Crippen LogP contribution in [0.3, 0.4) is 0 Å². The van der Waals surface area contributed by atoms with E-state index in [2.05, 4.69) is 15.4 Å². The van der Waals surface area contributed by atoms with Crippen LogP contribution in [0.5, 0.6) is 5.75 Å². The third-order valence-electron chi connectivity index (χ3n) is 5.39. The molecular formula is C24H26ClN3O4. The molecule has 0 saturated carbocycles. The fourth-order valence-electron chi connectivity index (χ4n) is 3.71. The molecule has 1 aliphatic rings. The molecule has 0 bridgehead atoms. The van der Waals surface area contributed by atoms with Crippen molar-refractivity contribution in [3.05, 3.63) is 70.9 Å². The van der Waals surface area contributed by atoms with Gasteiger partial charge >= 0.3 is 0 Å². The Balaban J connectivity index is 1.43. The van der Waals surface area contributed by atoms with Crippen molar-refractivity contribution in [3.8, 4) is 17.1 Å². The first kappa shape index (κ1) is 22.3. The number of halogens is 1. The summed E-state index contributed by atoms with van der Waals surface area (Å²) in [7, 11) is 0. The first-order valence-electron chi connectivity index (χ1n) is 10.7. The highest BCUT2D eigenvalue weighted by Gasteiger charge is 2.24. The van der Waals surface area contributed by atoms with Gasteiger partial charge in [0.1, 0.15) is 5.75 Å². The van der Waals surface area contributed by atoms with Crippen molar-refractivity contribution < 1.29 is 18.8 Å². The van der Waals surface area contributed by atoms with Gasteiger partial charge in [0.15, 0.2) is 11.5 Å². The number of carbonyl (C=O) groups is 1. The van der Waals surface area contributed by atoms with Crippen LogP contribution in [0.4, 0.5) is 0 Å². The summed E-state index contributed by atoms with van der Waals surface area (Å²) in [4.78, 5) is 15.1. The van der Waals surface area contributed by atoms with Crippen LogP contribution < -0.4 is 10.1 Å². The molecule has 2 aromatic carbocycles. The standard InChI is InChI=1S/C24H26ClN3O4/c1-2-31-20-9-5-18(6-10-20)23-15-21(27-32-23)24(29)26-16-22(28-11-13-30-14-12-28)17-3-7-19(25)8-4-17/h3-10,15,22H,2,11-14,16H2,1H3,(H,26,29)/t22-/m0/s1. The molecule has 1 N–H and O–H groups in total. The van der Waals surface area contributed by atoms with Gasteiger partial charge < -0.3 is 19.3 Å². The number of hydrogen-bond donors (Lipinski definition) is 1. The lowest BCUT2D eigenvalue weighted by Crippen LogP contribution is -2.43. The molecule has 1 fully saturated rings. The predicted octanol–water partition coefficient (Wildman–Crippen LogP) is 4.20. The van der Waals surface area contributed by atoms with Gasteiger partial charge in [0.2, 0.25) is 0 Å². The first-order valence-corrected chi connectivity index (χ1v) is 11.1. The van der Waals surface area contributed by atoms with Gasteiger partial charge in [-0.2, -0.15) is 0 Å². The summed E-state index contributed by atoms with van der Waals surface area (Å²) in [5, 5.41) is 7.64. The number of rotatable bonds is 8. The number of ether oxygens (including phenoxy) is 2. The van der Waals surface area contributed by atoms with Crippen LogP contribution in [0.25, 0.3) is 11.3 Å². The van der Waals surface area contributed by atoms with E-state index < -0.39 is 0 Å². The van der Waals surface area contributed by atoms with Crippen LogP contribution in [0, 0.1) is 0 Å². The van der Waals surface area contributed by atoms with Crippen molar-refractivity contribution in [1.29, 1.82) is 0 Å². The largest absolute Gasteiger partial charge is 0.494 e. The van der Waals surface area contributed by atoms with Gasteiger partial charge in [0.05, 0.1) is 25.9 Å². The summed E-state index contributed by atoms with van der Waals surface area (Å²) in [6, 6.07) is 16.9. The van der Waals surface area contributed by atoms with Crippen LogP contribution >= 0.6 is 11.6 Å². The van der Waals surface area contributed by atoms with Crippen LogP contribution in [-0.2, 0) is 4.74 Å². The summed E-state index contributed by atoms with van der Waals surface area (Å²) in [5.74, 6) is 1.03. The Morgan fingerprint density at radius 1 is 1.16 bits per heavy atom. The molecule has 3 aromatic rings. The van der Waals surface area contributed by atoms with E-state index in [-0.39, 0.29) is 17.6 Å². The third-order valence-corrected chi connectivity index (χ3v) is 5.64. The highest BCUT2D eigenvalue weighted by molar-refractivity contribution is 6.30. The molecule has 1 saturated heterocycles. The fraction of sp³-hybridized carbons (Fsp3) is 0.333. The van der Waals surface area contributed by atoms with Gasteiger partial charge in [-0.1, -0.05) is 28.9 Å². The molecule has 4 rings (SSSR count). The van der Waals surface area contributed by atoms with E-state index in [1.807, 2.05) is 55.5 Å². The number of nitrogens with zero attached hydrogens (tertiary/aromatic N) is 2. The lowest BCUT2D eigenvalue weighted by atomic mass is 10.0. The van der Waals surface area contributed by atoms with Gasteiger partial charge in [-0.15, -0.1) is 0 Å². The Morgan fingerprint density at radius 3 is 2.56 bits per heavy atom. The van der Waals surface area contributed by atoms with E-state index >= 15 is 0 Å². The topological polar surface area (TPSA) is 76.8 Å². The van der Waals surface area contributed by atoms with Crippen molar-refractivity contribution in [2.24, 2.45) is 0 Å². The molecule has 0 spiro atoms. The predicted molar refractivity (Wildman–Crippen MR) is 122 cm³/mol. The molecule has 32 heavy (non-hydrogen) atoms. The maximum atomic E-state index is 12.8. The SMILES string of the molecule is CCOc1ccc(-c2cc(C(=O)NC[C@@H](c3ccc(Cl)cc3)N3CCOCC3)no2)cc1. The minimum atomic E-state index is -0.279. The zero-order valence-electron chi connectivity index (χ0n) is 17.9. The van der Waals surface area contributed by atoms with Gasteiger partial charge in [-0.25, -0.2) is 0 Å². The van der Waals surface area contributed by atoms with Gasteiger partial charge in [0.25, 0.3) is 5.91 Å². The minimum Gasteiger partial charge on any atom is -0.494 e. The molecular weight excluding hydrogens is 430 g/mol. The fourth-order valence-corrected chi connectivity index (χ4v) is 3.84. The molecule has 8 heteroatoms. The van der Waals surface area contributed by atoms with E-state index in [4.69, 9.17) is 25.6 Å². The molecule has 1 aromatic heterocycles. The second-order valence-corrected chi connectivity index (χ2v) is 7.90. The zero-order valence-corrected chi connectivity index (χ0v) is 18.7. The van der Waals surface area contributed by atoms with E-state index in [0.717, 1.165) is 30.0 Å². The van der Waals surface area contributed by atoms with E-state index in [1.54, 1.807) is 6.07 Å². The van der Waals surface area contributed by atoms with Crippen molar-refractivity contribution in [1.82, 2.24) is 15.4 Å². The number of hydrogen-bond acceptors (Lipinski definition) is 6. The highest BCUT2D eigenvalue weighted by atomic mass is 35.5. The second-order valence-electron chi connectivity index (χ2n) is 7.46. The second kappa shape index (κ2) is 10.6. The van der Waals surface area contributed by atoms with E-state index in [9.17, 15) is 4.79 Å². The number of carbonyl (C=O) groups excluding carboxylic acids is 1. The zero-order chi connectivity index (χ0) is 22.3. The van der Waals surface area contributed by atoms with E-state index in [1.165, 1.54) is 0 Å². The smallest absolute Gasteiger partial charge is 0.273 e. The quantitative estimate of drug-likeness (QED) is 0.548. The maximum Gasteiger partial charge on any atom is 0.273 e. The van der Waals surface area contributed by atoms with Crippen molar-refractivity contribution in [2.75, 3.05) is 39.5 Å². The maximum absolute atomic E-state index is 12.8. The molecule has 0 radical (unpaired) electrons. The van der Waals surface area contributed by atoms with Gasteiger partial charge in [-0.05, 0) is 48.9 Å². The monoisotopic (exact) mass is 455 g/mol. The minimum absolute atomic E-state index is 0.0117. The van der Waals surface area contributed by atoms with Crippen LogP contribution in [0.15, 0.2) is 59.1 Å². The van der Waals surface area contributed by atoms with Crippen LogP contribution in [0.1, 0.15) is 29.0 Å². The number of amides is 1. The van der Waals surface area contributed by atoms with Crippen molar-refractivity contribution in [3.63, 3.8) is 0 Å². The molecule has 0 unspecified atom stereocenters. The van der Waals surface area contributed by atoms with Crippen molar-refractivity contribution >= 4 is 17.5 Å². The Morgan fingerprint density at radius 2 is 1.88 bits per heavy atom. The van der Waals surface area contributed by atoms with Crippen LogP contribution in [0.2, 0.25) is 5.02 Å². The normalized spacial score (nSPS) is 15.3. The lowest BCUT2D eigenvalue weighted by molar-refractivity contribution is 0.0162. The Bertz CT molecular complexity index is 1010. The molecule has 1 atom stereocenters. The Kier molecular flexibility index (Phi) is 7.42. The molecule has 0 aliphatic carbocycles. The lowest BCUT2D eigenvalue weighted by Gasteiger charge is -2.34. The summed E-state index contributed by atoms with van der Waals surface area (Å²) >= 11 is 6.06. The third kappa shape index (κ3) is 5.48. The summed E-state index contributed by atoms with van der Waals surface area (Å²) in [6.45, 7) is 5.93. The first-order chi connectivity index (χ1) is 15.6. The molecule has 1 amide bonds. The molecule has 1 aliphatic heterocycles. The average Bonchev–Trinajstić information content (AvgIpc) is 3.32. The Labute approximate surface area is 192 Å². The Hall–Kier alpha value is -2.87. The number of morpholine rings is 1. The van der Waals surface area contributed by atoms with Gasteiger partial charge in [0, 0.05) is 36.3 Å². The number of nitrogens with one attached hydrogen (secondary N) is 1. The highest BCUT2D eigenvalue weighted by Crippen LogP contribution is 2.25.